The van der Waals surface area contributed by atoms with Crippen LogP contribution in [0.4, 0.5) is 0 Å². The summed E-state index contributed by atoms with van der Waals surface area (Å²) >= 11 is 0. The Morgan fingerprint density at radius 2 is 2.00 bits per heavy atom. The summed E-state index contributed by atoms with van der Waals surface area (Å²) in [6, 6.07) is 1.15. The minimum absolute atomic E-state index is 0.519. The van der Waals surface area contributed by atoms with Crippen molar-refractivity contribution >= 4 is 0 Å². The molecule has 4 unspecified atom stereocenters. The second kappa shape index (κ2) is 6.62. The number of rotatable bonds is 6. The third kappa shape index (κ3) is 4.00. The van der Waals surface area contributed by atoms with Gasteiger partial charge in [0.25, 0.3) is 5.56 Å². The number of ether oxygens (including phenoxy) is 1. The fraction of sp³-hybridized carbons (Fsp3) is 0.636. The molecule has 1 rings (SSSR count). The maximum Gasteiger partial charge on any atom is 0.330 e. The van der Waals surface area contributed by atoms with Crippen molar-refractivity contribution in [2.24, 2.45) is 0 Å². The van der Waals surface area contributed by atoms with Gasteiger partial charge in [0.15, 0.2) is 0 Å². The summed E-state index contributed by atoms with van der Waals surface area (Å²) in [4.78, 5) is 24.5. The highest BCUT2D eigenvalue weighted by molar-refractivity contribution is 4.84. The van der Waals surface area contributed by atoms with Gasteiger partial charge in [-0.25, -0.2) is 4.79 Å². The molecule has 108 valence electrons. The van der Waals surface area contributed by atoms with Crippen molar-refractivity contribution in [2.45, 2.75) is 38.4 Å². The Morgan fingerprint density at radius 1 is 1.37 bits per heavy atom. The molecule has 1 aromatic rings. The highest BCUT2D eigenvalue weighted by Gasteiger charge is 2.26. The molecule has 0 fully saturated rings. The predicted molar refractivity (Wildman–Crippen MR) is 65.7 cm³/mol. The molecule has 8 heteroatoms. The van der Waals surface area contributed by atoms with Gasteiger partial charge in [-0.3, -0.25) is 14.3 Å². The summed E-state index contributed by atoms with van der Waals surface area (Å²) in [5, 5.41) is 28.0. The zero-order valence-corrected chi connectivity index (χ0v) is 10.7. The van der Waals surface area contributed by atoms with E-state index in [0.717, 1.165) is 10.6 Å². The molecular weight excluding hydrogens is 256 g/mol. The number of aliphatic hydroxyl groups is 3. The van der Waals surface area contributed by atoms with Crippen LogP contribution >= 0.6 is 0 Å². The molecule has 0 radical (unpaired) electrons. The van der Waals surface area contributed by atoms with Crippen molar-refractivity contribution in [1.29, 1.82) is 0 Å². The first kappa shape index (κ1) is 15.6. The molecule has 0 aliphatic carbocycles. The normalized spacial score (nSPS) is 17.7. The van der Waals surface area contributed by atoms with Crippen LogP contribution in [0.2, 0.25) is 0 Å². The molecule has 0 bridgehead atoms. The fourth-order valence-electron chi connectivity index (χ4n) is 1.57. The molecule has 0 amide bonds. The van der Waals surface area contributed by atoms with E-state index in [-0.39, 0.29) is 0 Å². The van der Waals surface area contributed by atoms with Gasteiger partial charge in [0.1, 0.15) is 18.4 Å². The van der Waals surface area contributed by atoms with Crippen LogP contribution in [0.25, 0.3) is 0 Å². The van der Waals surface area contributed by atoms with Crippen LogP contribution in [-0.4, -0.2) is 49.8 Å². The molecule has 0 saturated heterocycles. The van der Waals surface area contributed by atoms with Crippen LogP contribution in [0.3, 0.4) is 0 Å². The number of nitrogens with zero attached hydrogens (tertiary/aromatic N) is 1. The summed E-state index contributed by atoms with van der Waals surface area (Å²) in [6.07, 6.45) is -3.00. The predicted octanol–water partition coefficient (Wildman–Crippen LogP) is -1.83. The van der Waals surface area contributed by atoms with Gasteiger partial charge in [0.2, 0.25) is 0 Å². The molecule has 4 atom stereocenters. The monoisotopic (exact) mass is 274 g/mol. The van der Waals surface area contributed by atoms with Crippen LogP contribution in [-0.2, 0) is 4.74 Å². The number of nitrogens with one attached hydrogen (secondary N) is 1. The van der Waals surface area contributed by atoms with E-state index < -0.39 is 42.4 Å². The standard InChI is InChI=1S/C11H18N2O6/c1-6(15)10(17)8(5-14)19-7(2)13-4-3-9(16)12-11(13)18/h3-4,6-8,10,14-15,17H,5H2,1-2H3,(H,12,16,18). The highest BCUT2D eigenvalue weighted by atomic mass is 16.5. The Labute approximate surface area is 108 Å². The van der Waals surface area contributed by atoms with Gasteiger partial charge in [-0.05, 0) is 13.8 Å². The van der Waals surface area contributed by atoms with Crippen LogP contribution in [0.5, 0.6) is 0 Å². The topological polar surface area (TPSA) is 125 Å². The Bertz CT molecular complexity index is 508. The summed E-state index contributed by atoms with van der Waals surface area (Å²) < 4.78 is 6.41. The second-order valence-electron chi connectivity index (χ2n) is 4.21. The largest absolute Gasteiger partial charge is 0.394 e. The smallest absolute Gasteiger partial charge is 0.330 e. The summed E-state index contributed by atoms with van der Waals surface area (Å²) in [7, 11) is 0. The van der Waals surface area contributed by atoms with Crippen LogP contribution < -0.4 is 11.2 Å². The van der Waals surface area contributed by atoms with Crippen molar-refractivity contribution < 1.29 is 20.1 Å². The van der Waals surface area contributed by atoms with Gasteiger partial charge in [0.05, 0.1) is 12.7 Å². The SMILES string of the molecule is CC(O)C(O)C(CO)OC(C)n1ccc(=O)[nH]c1=O. The van der Waals surface area contributed by atoms with E-state index in [2.05, 4.69) is 4.98 Å². The van der Waals surface area contributed by atoms with E-state index in [1.54, 1.807) is 0 Å². The summed E-state index contributed by atoms with van der Waals surface area (Å²) in [6.45, 7) is 2.35. The molecule has 1 heterocycles. The Kier molecular flexibility index (Phi) is 5.43. The van der Waals surface area contributed by atoms with Gasteiger partial charge >= 0.3 is 5.69 Å². The first-order valence-corrected chi connectivity index (χ1v) is 5.80. The second-order valence-corrected chi connectivity index (χ2v) is 4.21. The first-order valence-electron chi connectivity index (χ1n) is 5.80. The van der Waals surface area contributed by atoms with E-state index in [1.165, 1.54) is 20.0 Å². The average Bonchev–Trinajstić information content (AvgIpc) is 2.34. The van der Waals surface area contributed by atoms with Crippen LogP contribution in [0, 0.1) is 0 Å². The molecule has 0 aromatic carbocycles. The van der Waals surface area contributed by atoms with Crippen molar-refractivity contribution in [3.63, 3.8) is 0 Å². The van der Waals surface area contributed by atoms with E-state index in [4.69, 9.17) is 9.84 Å². The number of aliphatic hydroxyl groups excluding tert-OH is 3. The number of hydrogen-bond acceptors (Lipinski definition) is 6. The lowest BCUT2D eigenvalue weighted by Gasteiger charge is -2.27. The maximum absolute atomic E-state index is 11.5. The molecule has 0 aliphatic heterocycles. The fourth-order valence-corrected chi connectivity index (χ4v) is 1.57. The van der Waals surface area contributed by atoms with E-state index in [9.17, 15) is 19.8 Å². The van der Waals surface area contributed by atoms with Gasteiger partial charge in [-0.15, -0.1) is 0 Å². The lowest BCUT2D eigenvalue weighted by Crippen LogP contribution is -2.42. The van der Waals surface area contributed by atoms with Crippen LogP contribution in [0.1, 0.15) is 20.1 Å². The zero-order valence-electron chi connectivity index (χ0n) is 10.7. The van der Waals surface area contributed by atoms with Gasteiger partial charge in [-0.1, -0.05) is 0 Å². The molecule has 19 heavy (non-hydrogen) atoms. The highest BCUT2D eigenvalue weighted by Crippen LogP contribution is 2.12. The van der Waals surface area contributed by atoms with E-state index >= 15 is 0 Å². The van der Waals surface area contributed by atoms with Crippen molar-refractivity contribution in [1.82, 2.24) is 9.55 Å². The molecule has 0 saturated carbocycles. The van der Waals surface area contributed by atoms with Crippen molar-refractivity contribution in [3.8, 4) is 0 Å². The number of aromatic nitrogens is 2. The van der Waals surface area contributed by atoms with Gasteiger partial charge in [-0.2, -0.15) is 0 Å². The van der Waals surface area contributed by atoms with Gasteiger partial charge in [0, 0.05) is 12.3 Å². The third-order valence-corrected chi connectivity index (χ3v) is 2.67. The average molecular weight is 274 g/mol. The van der Waals surface area contributed by atoms with E-state index in [1.807, 2.05) is 0 Å². The van der Waals surface area contributed by atoms with Gasteiger partial charge < -0.3 is 20.1 Å². The van der Waals surface area contributed by atoms with E-state index in [0.29, 0.717) is 0 Å². The molecule has 0 aliphatic rings. The first-order chi connectivity index (χ1) is 8.86. The number of aromatic amines is 1. The zero-order chi connectivity index (χ0) is 14.6. The molecule has 0 spiro atoms. The Hall–Kier alpha value is -1.48. The third-order valence-electron chi connectivity index (χ3n) is 2.67. The molecular formula is C11H18N2O6. The number of H-pyrrole nitrogens is 1. The lowest BCUT2D eigenvalue weighted by molar-refractivity contribution is -0.142. The minimum atomic E-state index is -1.29. The van der Waals surface area contributed by atoms with Crippen molar-refractivity contribution in [3.05, 3.63) is 33.1 Å². The van der Waals surface area contributed by atoms with Crippen LogP contribution in [0.15, 0.2) is 21.9 Å². The summed E-state index contributed by atoms with van der Waals surface area (Å²) in [5.41, 5.74) is -1.20. The molecule has 8 nitrogen and oxygen atoms in total. The Balaban J connectivity index is 2.85. The number of hydrogen-bond donors (Lipinski definition) is 4. The molecule has 4 N–H and O–H groups in total. The summed E-state index contributed by atoms with van der Waals surface area (Å²) in [5.74, 6) is 0. The maximum atomic E-state index is 11.5. The van der Waals surface area contributed by atoms with Crippen molar-refractivity contribution in [2.75, 3.05) is 6.61 Å². The molecule has 1 aromatic heterocycles. The minimum Gasteiger partial charge on any atom is -0.394 e. The lowest BCUT2D eigenvalue weighted by atomic mass is 10.1. The Morgan fingerprint density at radius 3 is 2.47 bits per heavy atom. The quantitative estimate of drug-likeness (QED) is 0.484.